The molecule has 1 saturated heterocycles. The molecule has 156 valence electrons. The summed E-state index contributed by atoms with van der Waals surface area (Å²) in [6, 6.07) is 3.12. The van der Waals surface area contributed by atoms with Crippen LogP contribution < -0.4 is 0 Å². The molecule has 0 spiro atoms. The van der Waals surface area contributed by atoms with Gasteiger partial charge in [-0.1, -0.05) is 6.07 Å². The van der Waals surface area contributed by atoms with Gasteiger partial charge in [0.15, 0.2) is 0 Å². The number of hydrogen-bond donors (Lipinski definition) is 0. The smallest absolute Gasteiger partial charge is 0.419 e. The van der Waals surface area contributed by atoms with Crippen molar-refractivity contribution >= 4 is 6.09 Å². The van der Waals surface area contributed by atoms with Gasteiger partial charge in [-0.3, -0.25) is 9.80 Å². The van der Waals surface area contributed by atoms with Crippen molar-refractivity contribution in [2.75, 3.05) is 20.2 Å². The number of methoxy groups -OCH3 is 1. The fourth-order valence-corrected chi connectivity index (χ4v) is 4.12. The fraction of sp³-hybridized carbons (Fsp3) is 0.650. The Bertz CT molecular complexity index is 754. The number of carbonyl (C=O) groups excluding carboxylic acids is 1. The van der Waals surface area contributed by atoms with Crippen molar-refractivity contribution in [2.24, 2.45) is 0 Å². The Morgan fingerprint density at radius 2 is 1.93 bits per heavy atom. The molecular weight excluding hydrogens is 376 g/mol. The number of nitrogens with zero attached hydrogens (tertiary/aromatic N) is 2. The van der Waals surface area contributed by atoms with E-state index in [0.29, 0.717) is 24.9 Å². The molecule has 1 heterocycles. The Balaban J connectivity index is 1.92. The van der Waals surface area contributed by atoms with Gasteiger partial charge in [-0.2, -0.15) is 13.2 Å². The molecule has 2 fully saturated rings. The Hall–Kier alpha value is -1.83. The zero-order valence-corrected chi connectivity index (χ0v) is 16.6. The van der Waals surface area contributed by atoms with Gasteiger partial charge in [0, 0.05) is 24.7 Å². The van der Waals surface area contributed by atoms with Crippen LogP contribution in [-0.2, 0) is 16.5 Å². The zero-order valence-electron chi connectivity index (χ0n) is 16.6. The summed E-state index contributed by atoms with van der Waals surface area (Å²) in [7, 11) is 1.26. The van der Waals surface area contributed by atoms with Gasteiger partial charge in [-0.15, -0.1) is 0 Å². The molecule has 1 atom stereocenters. The topological polar surface area (TPSA) is 32.8 Å². The first kappa shape index (κ1) is 20.9. The van der Waals surface area contributed by atoms with E-state index < -0.39 is 29.2 Å². The first-order chi connectivity index (χ1) is 12.9. The Labute approximate surface area is 162 Å². The monoisotopic (exact) mass is 402 g/mol. The number of hydrogen-bond acceptors (Lipinski definition) is 3. The molecule has 3 rings (SSSR count). The van der Waals surface area contributed by atoms with E-state index in [0.717, 1.165) is 25.1 Å². The van der Waals surface area contributed by atoms with Crippen LogP contribution in [-0.4, -0.2) is 47.7 Å². The Morgan fingerprint density at radius 1 is 1.29 bits per heavy atom. The molecular formula is C20H26F4N2O2. The van der Waals surface area contributed by atoms with E-state index in [-0.39, 0.29) is 11.6 Å². The van der Waals surface area contributed by atoms with Crippen molar-refractivity contribution in [1.29, 1.82) is 0 Å². The summed E-state index contributed by atoms with van der Waals surface area (Å²) in [6.07, 6.45) is -3.42. The van der Waals surface area contributed by atoms with Gasteiger partial charge in [0.05, 0.1) is 18.2 Å². The van der Waals surface area contributed by atoms with Gasteiger partial charge in [-0.05, 0) is 57.7 Å². The molecule has 1 aliphatic carbocycles. The lowest BCUT2D eigenvalue weighted by Crippen LogP contribution is -2.62. The molecule has 4 nitrogen and oxygen atoms in total. The van der Waals surface area contributed by atoms with Gasteiger partial charge in [0.25, 0.3) is 0 Å². The number of carbonyl (C=O) groups is 1. The van der Waals surface area contributed by atoms with Gasteiger partial charge >= 0.3 is 12.3 Å². The van der Waals surface area contributed by atoms with Crippen LogP contribution in [0.1, 0.15) is 51.2 Å². The van der Waals surface area contributed by atoms with Crippen LogP contribution in [0.5, 0.6) is 0 Å². The maximum absolute atomic E-state index is 13.7. The predicted molar refractivity (Wildman–Crippen MR) is 96.3 cm³/mol. The van der Waals surface area contributed by atoms with E-state index in [1.807, 2.05) is 0 Å². The number of ether oxygens (including phenoxy) is 1. The molecule has 0 N–H and O–H groups in total. The minimum Gasteiger partial charge on any atom is -0.453 e. The summed E-state index contributed by atoms with van der Waals surface area (Å²) in [5.41, 5.74) is -1.95. The molecule has 0 bridgehead atoms. The largest absolute Gasteiger partial charge is 0.453 e. The van der Waals surface area contributed by atoms with Crippen LogP contribution in [0.15, 0.2) is 18.2 Å². The molecule has 0 unspecified atom stereocenters. The average Bonchev–Trinajstić information content (AvgIpc) is 3.33. The standard InChI is InChI=1S/C20H26F4N2O2/c1-18(2,3)25-10-7-14(25)12-26(17(27)28-4)19(8-9-19)13-5-6-16(21)15(11-13)20(22,23)24/h5-6,11,14H,7-10,12H2,1-4H3/t14-/m0/s1. The lowest BCUT2D eigenvalue weighted by molar-refractivity contribution is -0.140. The number of benzene rings is 1. The second-order valence-corrected chi connectivity index (χ2v) is 8.61. The SMILES string of the molecule is COC(=O)N(C[C@@H]1CCN1C(C)(C)C)C1(c2ccc(F)c(C(F)(F)F)c2)CC1. The maximum Gasteiger partial charge on any atom is 0.419 e. The van der Waals surface area contributed by atoms with Crippen molar-refractivity contribution in [2.45, 2.75) is 63.3 Å². The highest BCUT2D eigenvalue weighted by molar-refractivity contribution is 5.70. The normalized spacial score (nSPS) is 21.8. The second kappa shape index (κ2) is 6.90. The molecule has 8 heteroatoms. The average molecular weight is 402 g/mol. The third kappa shape index (κ3) is 3.71. The molecule has 1 aliphatic heterocycles. The number of alkyl halides is 3. The van der Waals surface area contributed by atoms with Crippen LogP contribution in [0.3, 0.4) is 0 Å². The highest BCUT2D eigenvalue weighted by atomic mass is 19.4. The van der Waals surface area contributed by atoms with E-state index in [1.54, 1.807) is 0 Å². The minimum absolute atomic E-state index is 0.0687. The van der Waals surface area contributed by atoms with E-state index in [1.165, 1.54) is 18.1 Å². The second-order valence-electron chi connectivity index (χ2n) is 8.61. The van der Waals surface area contributed by atoms with Crippen molar-refractivity contribution < 1.29 is 27.1 Å². The summed E-state index contributed by atoms with van der Waals surface area (Å²) >= 11 is 0. The molecule has 1 aromatic rings. The molecule has 2 aliphatic rings. The van der Waals surface area contributed by atoms with Crippen LogP contribution in [0, 0.1) is 5.82 Å². The Kier molecular flexibility index (Phi) is 5.15. The van der Waals surface area contributed by atoms with Crippen molar-refractivity contribution in [1.82, 2.24) is 9.80 Å². The van der Waals surface area contributed by atoms with Gasteiger partial charge in [-0.25, -0.2) is 9.18 Å². The van der Waals surface area contributed by atoms with Crippen molar-refractivity contribution in [3.8, 4) is 0 Å². The van der Waals surface area contributed by atoms with E-state index in [4.69, 9.17) is 4.74 Å². The highest BCUT2D eigenvalue weighted by Crippen LogP contribution is 2.52. The lowest BCUT2D eigenvalue weighted by Gasteiger charge is -2.51. The van der Waals surface area contributed by atoms with Crippen LogP contribution in [0.25, 0.3) is 0 Å². The zero-order chi connectivity index (χ0) is 20.9. The van der Waals surface area contributed by atoms with Crippen molar-refractivity contribution in [3.05, 3.63) is 35.1 Å². The van der Waals surface area contributed by atoms with Gasteiger partial charge in [0.1, 0.15) is 5.82 Å². The summed E-state index contributed by atoms with van der Waals surface area (Å²) in [5.74, 6) is -1.31. The first-order valence-corrected chi connectivity index (χ1v) is 9.40. The third-order valence-corrected chi connectivity index (χ3v) is 5.84. The fourth-order valence-electron chi connectivity index (χ4n) is 4.12. The van der Waals surface area contributed by atoms with Gasteiger partial charge in [0.2, 0.25) is 0 Å². The summed E-state index contributed by atoms with van der Waals surface area (Å²) < 4.78 is 58.2. The lowest BCUT2D eigenvalue weighted by atomic mass is 9.92. The highest BCUT2D eigenvalue weighted by Gasteiger charge is 2.54. The predicted octanol–water partition coefficient (Wildman–Crippen LogP) is 4.77. The summed E-state index contributed by atoms with van der Waals surface area (Å²) in [5, 5.41) is 0. The van der Waals surface area contributed by atoms with Crippen LogP contribution >= 0.6 is 0 Å². The molecule has 1 aromatic carbocycles. The summed E-state index contributed by atoms with van der Waals surface area (Å²) in [6.45, 7) is 7.53. The number of halogens is 4. The number of rotatable bonds is 4. The van der Waals surface area contributed by atoms with Crippen LogP contribution in [0.4, 0.5) is 22.4 Å². The van der Waals surface area contributed by atoms with Crippen molar-refractivity contribution in [3.63, 3.8) is 0 Å². The number of amides is 1. The van der Waals surface area contributed by atoms with E-state index in [9.17, 15) is 22.4 Å². The first-order valence-electron chi connectivity index (χ1n) is 9.40. The third-order valence-electron chi connectivity index (χ3n) is 5.84. The quantitative estimate of drug-likeness (QED) is 0.680. The Morgan fingerprint density at radius 3 is 2.36 bits per heavy atom. The van der Waals surface area contributed by atoms with E-state index in [2.05, 4.69) is 25.7 Å². The summed E-state index contributed by atoms with van der Waals surface area (Å²) in [4.78, 5) is 16.3. The van der Waals surface area contributed by atoms with Gasteiger partial charge < -0.3 is 4.74 Å². The molecule has 1 saturated carbocycles. The molecule has 28 heavy (non-hydrogen) atoms. The van der Waals surface area contributed by atoms with Crippen LogP contribution in [0.2, 0.25) is 0 Å². The maximum atomic E-state index is 13.7. The van der Waals surface area contributed by atoms with E-state index >= 15 is 0 Å². The molecule has 0 radical (unpaired) electrons. The number of likely N-dealkylation sites (tertiary alicyclic amines) is 1. The molecule has 0 aromatic heterocycles. The minimum atomic E-state index is -4.79. The molecule has 1 amide bonds.